The predicted molar refractivity (Wildman–Crippen MR) is 87.5 cm³/mol. The number of fused-ring (bicyclic) bond motifs is 1. The fourth-order valence-electron chi connectivity index (χ4n) is 1.73. The van der Waals surface area contributed by atoms with Gasteiger partial charge in [0.15, 0.2) is 0 Å². The number of nitrogens with one attached hydrogen (secondary N) is 1. The summed E-state index contributed by atoms with van der Waals surface area (Å²) in [5.74, 6) is 0.567. The number of benzene rings is 1. The number of hydrogen-bond acceptors (Lipinski definition) is 4. The molecule has 0 aliphatic carbocycles. The van der Waals surface area contributed by atoms with Crippen molar-refractivity contribution in [2.75, 3.05) is 5.32 Å². The smallest absolute Gasteiger partial charge is 0.227 e. The Balaban J connectivity index is 2.03. The van der Waals surface area contributed by atoms with Crippen molar-refractivity contribution in [1.82, 2.24) is 15.0 Å². The molecule has 0 fully saturated rings. The van der Waals surface area contributed by atoms with E-state index in [0.717, 1.165) is 24.6 Å². The Bertz CT molecular complexity index is 730. The van der Waals surface area contributed by atoms with Crippen LogP contribution in [0.3, 0.4) is 0 Å². The molecule has 1 aromatic carbocycles. The largest absolute Gasteiger partial charge is 0.322 e. The van der Waals surface area contributed by atoms with E-state index in [9.17, 15) is 0 Å². The van der Waals surface area contributed by atoms with Crippen molar-refractivity contribution in [1.29, 1.82) is 0 Å². The second-order valence-corrected chi connectivity index (χ2v) is 6.04. The van der Waals surface area contributed by atoms with Crippen LogP contribution in [0.2, 0.25) is 0 Å². The van der Waals surface area contributed by atoms with Crippen molar-refractivity contribution in [2.45, 2.75) is 0 Å². The summed E-state index contributed by atoms with van der Waals surface area (Å²) in [6.07, 6.45) is 5.32. The van der Waals surface area contributed by atoms with Crippen LogP contribution in [-0.4, -0.2) is 15.0 Å². The minimum absolute atomic E-state index is 0.567. The number of para-hydroxylation sites is 1. The first-order valence-electron chi connectivity index (χ1n) is 5.51. The average Bonchev–Trinajstić information content (AvgIpc) is 2.41. The van der Waals surface area contributed by atoms with E-state index in [1.807, 2.05) is 24.3 Å². The number of rotatable bonds is 2. The monoisotopic (exact) mass is 426 g/mol. The molecular weight excluding hydrogens is 419 g/mol. The van der Waals surface area contributed by atoms with Crippen molar-refractivity contribution in [3.63, 3.8) is 0 Å². The van der Waals surface area contributed by atoms with Gasteiger partial charge in [-0.05, 0) is 50.7 Å². The molecule has 4 nitrogen and oxygen atoms in total. The summed E-state index contributed by atoms with van der Waals surface area (Å²) in [6.45, 7) is 0. The van der Waals surface area contributed by atoms with E-state index >= 15 is 0 Å². The number of nitrogens with zero attached hydrogens (tertiary/aromatic N) is 3. The fraction of sp³-hybridized carbons (Fsp3) is 0. The molecule has 6 heteroatoms. The minimum Gasteiger partial charge on any atom is -0.322 e. The van der Waals surface area contributed by atoms with Crippen LogP contribution in [0.4, 0.5) is 11.6 Å². The Morgan fingerprint density at radius 3 is 2.63 bits per heavy atom. The fourth-order valence-corrected chi connectivity index (χ4v) is 2.36. The zero-order valence-electron chi connectivity index (χ0n) is 9.64. The number of pyridine rings is 1. The van der Waals surface area contributed by atoms with Crippen LogP contribution in [0, 0.1) is 3.57 Å². The quantitative estimate of drug-likeness (QED) is 0.626. The SMILES string of the molecule is Brc1cnc2c(Nc3ncc(I)cn3)cccc2c1. The number of hydrogen-bond donors (Lipinski definition) is 1. The van der Waals surface area contributed by atoms with Gasteiger partial charge in [0.05, 0.1) is 11.2 Å². The molecule has 0 atom stereocenters. The summed E-state index contributed by atoms with van der Waals surface area (Å²) in [6, 6.07) is 7.99. The molecular formula is C13H8BrIN4. The first kappa shape index (κ1) is 12.7. The minimum atomic E-state index is 0.567. The zero-order valence-corrected chi connectivity index (χ0v) is 13.4. The van der Waals surface area contributed by atoms with E-state index in [0.29, 0.717) is 5.95 Å². The summed E-state index contributed by atoms with van der Waals surface area (Å²) < 4.78 is 1.96. The lowest BCUT2D eigenvalue weighted by Crippen LogP contribution is -1.98. The molecule has 1 N–H and O–H groups in total. The molecule has 19 heavy (non-hydrogen) atoms. The highest BCUT2D eigenvalue weighted by Gasteiger charge is 2.04. The predicted octanol–water partition coefficient (Wildman–Crippen LogP) is 4.14. The summed E-state index contributed by atoms with van der Waals surface area (Å²) in [4.78, 5) is 12.9. The van der Waals surface area contributed by atoms with Crippen LogP contribution in [0.5, 0.6) is 0 Å². The third-order valence-electron chi connectivity index (χ3n) is 2.54. The topological polar surface area (TPSA) is 50.7 Å². The maximum atomic E-state index is 4.43. The van der Waals surface area contributed by atoms with E-state index < -0.39 is 0 Å². The molecule has 0 spiro atoms. The second-order valence-electron chi connectivity index (χ2n) is 3.88. The maximum Gasteiger partial charge on any atom is 0.227 e. The molecule has 2 heterocycles. The van der Waals surface area contributed by atoms with Crippen LogP contribution in [-0.2, 0) is 0 Å². The van der Waals surface area contributed by atoms with Crippen LogP contribution >= 0.6 is 38.5 Å². The lowest BCUT2D eigenvalue weighted by Gasteiger charge is -2.07. The Labute approximate surface area is 132 Å². The third-order valence-corrected chi connectivity index (χ3v) is 3.54. The average molecular weight is 427 g/mol. The Kier molecular flexibility index (Phi) is 3.61. The summed E-state index contributed by atoms with van der Waals surface area (Å²) in [5, 5.41) is 4.25. The summed E-state index contributed by atoms with van der Waals surface area (Å²) in [5.41, 5.74) is 1.79. The van der Waals surface area contributed by atoms with Crippen molar-refractivity contribution < 1.29 is 0 Å². The van der Waals surface area contributed by atoms with E-state index in [4.69, 9.17) is 0 Å². The van der Waals surface area contributed by atoms with Crippen LogP contribution in [0.1, 0.15) is 0 Å². The molecule has 0 radical (unpaired) electrons. The van der Waals surface area contributed by atoms with E-state index in [-0.39, 0.29) is 0 Å². The molecule has 0 bridgehead atoms. The van der Waals surface area contributed by atoms with Crippen molar-refractivity contribution in [2.24, 2.45) is 0 Å². The number of aromatic nitrogens is 3. The molecule has 0 unspecified atom stereocenters. The van der Waals surface area contributed by atoms with Gasteiger partial charge < -0.3 is 5.32 Å². The first-order valence-corrected chi connectivity index (χ1v) is 7.38. The maximum absolute atomic E-state index is 4.43. The lowest BCUT2D eigenvalue weighted by molar-refractivity contribution is 1.15. The highest BCUT2D eigenvalue weighted by molar-refractivity contribution is 14.1. The molecule has 94 valence electrons. The van der Waals surface area contributed by atoms with Crippen molar-refractivity contribution >= 4 is 61.1 Å². The van der Waals surface area contributed by atoms with Gasteiger partial charge in [0, 0.05) is 32.0 Å². The third kappa shape index (κ3) is 2.84. The zero-order chi connectivity index (χ0) is 13.2. The molecule has 3 rings (SSSR count). The lowest BCUT2D eigenvalue weighted by atomic mass is 10.2. The molecule has 0 amide bonds. The second kappa shape index (κ2) is 5.38. The van der Waals surface area contributed by atoms with Crippen molar-refractivity contribution in [3.05, 3.63) is 50.9 Å². The highest BCUT2D eigenvalue weighted by Crippen LogP contribution is 2.25. The number of halogens is 2. The van der Waals surface area contributed by atoms with E-state index in [2.05, 4.69) is 58.8 Å². The Morgan fingerprint density at radius 1 is 1.05 bits per heavy atom. The first-order chi connectivity index (χ1) is 9.22. The Hall–Kier alpha value is -1.28. The van der Waals surface area contributed by atoms with Crippen LogP contribution < -0.4 is 5.32 Å². The van der Waals surface area contributed by atoms with Gasteiger partial charge in [0.2, 0.25) is 5.95 Å². The molecule has 0 saturated heterocycles. The standard InChI is InChI=1S/C13H8BrIN4/c14-9-4-8-2-1-3-11(12(8)16-5-9)19-13-17-6-10(15)7-18-13/h1-7H,(H,17,18,19). The van der Waals surface area contributed by atoms with Gasteiger partial charge in [0.1, 0.15) is 0 Å². The van der Waals surface area contributed by atoms with Gasteiger partial charge in [-0.3, -0.25) is 4.98 Å². The molecule has 0 saturated carbocycles. The molecule has 3 aromatic rings. The van der Waals surface area contributed by atoms with E-state index in [1.54, 1.807) is 18.6 Å². The van der Waals surface area contributed by atoms with Crippen LogP contribution in [0.25, 0.3) is 10.9 Å². The number of anilines is 2. The van der Waals surface area contributed by atoms with Gasteiger partial charge in [0.25, 0.3) is 0 Å². The normalized spacial score (nSPS) is 10.6. The molecule has 2 aromatic heterocycles. The Morgan fingerprint density at radius 2 is 1.84 bits per heavy atom. The summed E-state index contributed by atoms with van der Waals surface area (Å²) >= 11 is 5.60. The van der Waals surface area contributed by atoms with Gasteiger partial charge in [-0.1, -0.05) is 12.1 Å². The molecule has 0 aliphatic rings. The molecule has 0 aliphatic heterocycles. The van der Waals surface area contributed by atoms with Crippen molar-refractivity contribution in [3.8, 4) is 0 Å². The van der Waals surface area contributed by atoms with Gasteiger partial charge >= 0.3 is 0 Å². The van der Waals surface area contributed by atoms with Gasteiger partial charge in [-0.2, -0.15) is 0 Å². The van der Waals surface area contributed by atoms with E-state index in [1.165, 1.54) is 0 Å². The highest BCUT2D eigenvalue weighted by atomic mass is 127. The summed E-state index contributed by atoms with van der Waals surface area (Å²) in [7, 11) is 0. The van der Waals surface area contributed by atoms with Gasteiger partial charge in [-0.15, -0.1) is 0 Å². The van der Waals surface area contributed by atoms with Gasteiger partial charge in [-0.25, -0.2) is 9.97 Å². The van der Waals surface area contributed by atoms with Crippen LogP contribution in [0.15, 0.2) is 47.3 Å².